The van der Waals surface area contributed by atoms with Gasteiger partial charge in [0, 0.05) is 6.04 Å². The van der Waals surface area contributed by atoms with Crippen LogP contribution >= 0.6 is 0 Å². The zero-order valence-corrected chi connectivity index (χ0v) is 10.2. The number of hydrogen-bond donors (Lipinski definition) is 2. The van der Waals surface area contributed by atoms with E-state index in [1.807, 2.05) is 20.8 Å². The van der Waals surface area contributed by atoms with Crippen molar-refractivity contribution in [1.82, 2.24) is 4.72 Å². The molecule has 0 amide bonds. The van der Waals surface area contributed by atoms with E-state index in [0.29, 0.717) is 6.42 Å². The van der Waals surface area contributed by atoms with E-state index >= 15 is 0 Å². The SMILES string of the molecule is C[C@@H](CO)NS(=O)(=O)CCC(C)(C)C. The van der Waals surface area contributed by atoms with Gasteiger partial charge in [0.15, 0.2) is 0 Å². The summed E-state index contributed by atoms with van der Waals surface area (Å²) in [4.78, 5) is 0. The number of sulfonamides is 1. The monoisotopic (exact) mass is 223 g/mol. The summed E-state index contributed by atoms with van der Waals surface area (Å²) in [6.45, 7) is 7.46. The molecule has 14 heavy (non-hydrogen) atoms. The normalized spacial score (nSPS) is 15.5. The molecule has 0 aliphatic rings. The van der Waals surface area contributed by atoms with Crippen LogP contribution in [0.3, 0.4) is 0 Å². The number of rotatable bonds is 5. The highest BCUT2D eigenvalue weighted by Crippen LogP contribution is 2.18. The first-order valence-electron chi connectivity index (χ1n) is 4.77. The van der Waals surface area contributed by atoms with E-state index < -0.39 is 16.1 Å². The maximum atomic E-state index is 11.4. The van der Waals surface area contributed by atoms with Gasteiger partial charge >= 0.3 is 0 Å². The minimum absolute atomic E-state index is 0.0111. The van der Waals surface area contributed by atoms with Crippen molar-refractivity contribution in [2.75, 3.05) is 12.4 Å². The second-order valence-corrected chi connectivity index (χ2v) is 6.70. The molecule has 4 nitrogen and oxygen atoms in total. The van der Waals surface area contributed by atoms with Crippen LogP contribution in [-0.4, -0.2) is 31.9 Å². The van der Waals surface area contributed by atoms with E-state index in [0.717, 1.165) is 0 Å². The fraction of sp³-hybridized carbons (Fsp3) is 1.00. The van der Waals surface area contributed by atoms with E-state index in [1.165, 1.54) is 0 Å². The van der Waals surface area contributed by atoms with Crippen molar-refractivity contribution in [1.29, 1.82) is 0 Å². The van der Waals surface area contributed by atoms with Crippen LogP contribution in [0.1, 0.15) is 34.1 Å². The standard InChI is InChI=1S/C9H21NO3S/c1-8(7-11)10-14(12,13)6-5-9(2,3)4/h8,10-11H,5-7H2,1-4H3/t8-/m0/s1. The van der Waals surface area contributed by atoms with Gasteiger partial charge in [0.05, 0.1) is 12.4 Å². The summed E-state index contributed by atoms with van der Waals surface area (Å²) < 4.78 is 25.2. The third-order valence-electron chi connectivity index (χ3n) is 1.78. The van der Waals surface area contributed by atoms with Gasteiger partial charge in [0.25, 0.3) is 0 Å². The van der Waals surface area contributed by atoms with Gasteiger partial charge < -0.3 is 5.11 Å². The fourth-order valence-corrected chi connectivity index (χ4v) is 2.53. The highest BCUT2D eigenvalue weighted by Gasteiger charge is 2.18. The lowest BCUT2D eigenvalue weighted by molar-refractivity contribution is 0.265. The van der Waals surface area contributed by atoms with Crippen LogP contribution in [0.15, 0.2) is 0 Å². The van der Waals surface area contributed by atoms with Gasteiger partial charge in [-0.25, -0.2) is 13.1 Å². The zero-order chi connectivity index (χ0) is 11.4. The minimum atomic E-state index is -3.24. The van der Waals surface area contributed by atoms with E-state index in [4.69, 9.17) is 5.11 Å². The van der Waals surface area contributed by atoms with Crippen molar-refractivity contribution in [2.24, 2.45) is 5.41 Å². The third-order valence-corrected chi connectivity index (χ3v) is 3.28. The van der Waals surface area contributed by atoms with Crippen LogP contribution in [-0.2, 0) is 10.0 Å². The average Bonchev–Trinajstić information content (AvgIpc) is 1.99. The van der Waals surface area contributed by atoms with Gasteiger partial charge in [-0.05, 0) is 18.8 Å². The van der Waals surface area contributed by atoms with E-state index in [2.05, 4.69) is 4.72 Å². The summed E-state index contributed by atoms with van der Waals surface area (Å²) in [6, 6.07) is -0.403. The van der Waals surface area contributed by atoms with E-state index in [-0.39, 0.29) is 17.8 Å². The summed E-state index contributed by atoms with van der Waals surface area (Å²) in [6.07, 6.45) is 0.612. The van der Waals surface area contributed by atoms with Crippen LogP contribution in [0.5, 0.6) is 0 Å². The Bertz CT molecular complexity index is 254. The molecule has 0 spiro atoms. The lowest BCUT2D eigenvalue weighted by atomic mass is 9.94. The van der Waals surface area contributed by atoms with Crippen molar-refractivity contribution in [2.45, 2.75) is 40.2 Å². The molecule has 0 aliphatic carbocycles. The van der Waals surface area contributed by atoms with Gasteiger partial charge in [-0.2, -0.15) is 0 Å². The van der Waals surface area contributed by atoms with Gasteiger partial charge in [0.1, 0.15) is 0 Å². The van der Waals surface area contributed by atoms with Crippen LogP contribution in [0, 0.1) is 5.41 Å². The Hall–Kier alpha value is -0.130. The van der Waals surface area contributed by atoms with Gasteiger partial charge in [-0.15, -0.1) is 0 Å². The van der Waals surface area contributed by atoms with Crippen molar-refractivity contribution in [3.05, 3.63) is 0 Å². The van der Waals surface area contributed by atoms with Crippen molar-refractivity contribution >= 4 is 10.0 Å². The third kappa shape index (κ3) is 7.29. The van der Waals surface area contributed by atoms with Crippen molar-refractivity contribution < 1.29 is 13.5 Å². The molecule has 86 valence electrons. The first kappa shape index (κ1) is 13.9. The minimum Gasteiger partial charge on any atom is -0.395 e. The summed E-state index contributed by atoms with van der Waals surface area (Å²) >= 11 is 0. The Morgan fingerprint density at radius 2 is 1.86 bits per heavy atom. The topological polar surface area (TPSA) is 66.4 Å². The summed E-state index contributed by atoms with van der Waals surface area (Å²) in [7, 11) is -3.24. The van der Waals surface area contributed by atoms with Crippen molar-refractivity contribution in [3.63, 3.8) is 0 Å². The predicted octanol–water partition coefficient (Wildman–Crippen LogP) is 0.723. The summed E-state index contributed by atoms with van der Waals surface area (Å²) in [5, 5.41) is 8.70. The molecule has 0 radical (unpaired) electrons. The first-order chi connectivity index (χ1) is 6.16. The van der Waals surface area contributed by atoms with E-state index in [9.17, 15) is 8.42 Å². The smallest absolute Gasteiger partial charge is 0.211 e. The number of aliphatic hydroxyl groups is 1. The maximum Gasteiger partial charge on any atom is 0.211 e. The number of nitrogens with one attached hydrogen (secondary N) is 1. The van der Waals surface area contributed by atoms with Crippen molar-refractivity contribution in [3.8, 4) is 0 Å². The molecule has 0 fully saturated rings. The van der Waals surface area contributed by atoms with Gasteiger partial charge in [-0.1, -0.05) is 20.8 Å². The largest absolute Gasteiger partial charge is 0.395 e. The molecule has 0 aliphatic heterocycles. The van der Waals surface area contributed by atoms with Crippen LogP contribution in [0.25, 0.3) is 0 Å². The Morgan fingerprint density at radius 1 is 1.36 bits per heavy atom. The second-order valence-electron chi connectivity index (χ2n) is 4.83. The molecule has 1 atom stereocenters. The molecule has 0 aromatic rings. The molecule has 0 unspecified atom stereocenters. The lowest BCUT2D eigenvalue weighted by Gasteiger charge is -2.19. The first-order valence-corrected chi connectivity index (χ1v) is 6.42. The van der Waals surface area contributed by atoms with Crippen LogP contribution < -0.4 is 4.72 Å². The molecule has 0 aromatic carbocycles. The molecular weight excluding hydrogens is 202 g/mol. The molecule has 0 aromatic heterocycles. The molecule has 0 rings (SSSR count). The second kappa shape index (κ2) is 5.09. The molecular formula is C9H21NO3S. The van der Waals surface area contributed by atoms with Gasteiger partial charge in [0.2, 0.25) is 10.0 Å². The average molecular weight is 223 g/mol. The fourth-order valence-electron chi connectivity index (χ4n) is 0.843. The lowest BCUT2D eigenvalue weighted by Crippen LogP contribution is -2.37. The molecule has 0 saturated heterocycles. The number of aliphatic hydroxyl groups excluding tert-OH is 1. The molecule has 5 heteroatoms. The van der Waals surface area contributed by atoms with Crippen LogP contribution in [0.2, 0.25) is 0 Å². The van der Waals surface area contributed by atoms with E-state index in [1.54, 1.807) is 6.92 Å². The predicted molar refractivity (Wildman–Crippen MR) is 57.5 cm³/mol. The quantitative estimate of drug-likeness (QED) is 0.722. The Morgan fingerprint density at radius 3 is 2.21 bits per heavy atom. The zero-order valence-electron chi connectivity index (χ0n) is 9.37. The highest BCUT2D eigenvalue weighted by atomic mass is 32.2. The Kier molecular flexibility index (Phi) is 5.05. The number of hydrogen-bond acceptors (Lipinski definition) is 3. The summed E-state index contributed by atoms with van der Waals surface area (Å²) in [5.41, 5.74) is 0.0111. The summed E-state index contributed by atoms with van der Waals surface area (Å²) in [5.74, 6) is 0.112. The molecule has 0 bridgehead atoms. The maximum absolute atomic E-state index is 11.4. The Balaban J connectivity index is 4.10. The van der Waals surface area contributed by atoms with Gasteiger partial charge in [-0.3, -0.25) is 0 Å². The molecule has 0 saturated carbocycles. The van der Waals surface area contributed by atoms with Crippen LogP contribution in [0.4, 0.5) is 0 Å². The Labute approximate surface area is 86.8 Å². The molecule has 0 heterocycles. The highest BCUT2D eigenvalue weighted by molar-refractivity contribution is 7.89. The molecule has 2 N–H and O–H groups in total.